The van der Waals surface area contributed by atoms with E-state index < -0.39 is 22.2 Å². The van der Waals surface area contributed by atoms with Gasteiger partial charge in [-0.25, -0.2) is 8.42 Å². The van der Waals surface area contributed by atoms with Crippen LogP contribution in [0.4, 0.5) is 11.4 Å². The topological polar surface area (TPSA) is 108 Å². The van der Waals surface area contributed by atoms with Gasteiger partial charge in [-0.15, -0.1) is 0 Å². The van der Waals surface area contributed by atoms with Crippen molar-refractivity contribution in [1.82, 2.24) is 5.32 Å². The largest absolute Gasteiger partial charge is 0.392 e. The highest BCUT2D eigenvalue weighted by molar-refractivity contribution is 7.92. The molecule has 2 unspecified atom stereocenters. The summed E-state index contributed by atoms with van der Waals surface area (Å²) in [6.45, 7) is 2.16. The second-order valence-corrected chi connectivity index (χ2v) is 7.97. The van der Waals surface area contributed by atoms with Gasteiger partial charge in [-0.05, 0) is 43.2 Å². The van der Waals surface area contributed by atoms with Crippen molar-refractivity contribution >= 4 is 27.3 Å². The zero-order valence-corrected chi connectivity index (χ0v) is 15.1. The van der Waals surface area contributed by atoms with Crippen LogP contribution in [0.5, 0.6) is 0 Å². The lowest BCUT2D eigenvalue weighted by atomic mass is 10.1. The average molecular weight is 375 g/mol. The summed E-state index contributed by atoms with van der Waals surface area (Å²) in [5.41, 5.74) is 1.61. The molecule has 138 valence electrons. The van der Waals surface area contributed by atoms with Gasteiger partial charge >= 0.3 is 0 Å². The summed E-state index contributed by atoms with van der Waals surface area (Å²) in [6, 6.07) is 12.6. The first-order valence-corrected chi connectivity index (χ1v) is 9.74. The number of amides is 1. The third kappa shape index (κ3) is 4.21. The number of carbonyl (C=O) groups excluding carboxylic acids is 1. The lowest BCUT2D eigenvalue weighted by Gasteiger charge is -2.14. The Bertz CT molecular complexity index is 900. The van der Waals surface area contributed by atoms with E-state index in [0.29, 0.717) is 24.3 Å². The Balaban J connectivity index is 1.77. The van der Waals surface area contributed by atoms with Crippen LogP contribution in [0.15, 0.2) is 53.4 Å². The van der Waals surface area contributed by atoms with Gasteiger partial charge in [0.15, 0.2) is 0 Å². The van der Waals surface area contributed by atoms with Gasteiger partial charge < -0.3 is 15.7 Å². The van der Waals surface area contributed by atoms with E-state index in [1.807, 2.05) is 0 Å². The summed E-state index contributed by atoms with van der Waals surface area (Å²) in [5.74, 6) is -0.262. The first-order valence-electron chi connectivity index (χ1n) is 8.26. The van der Waals surface area contributed by atoms with Crippen molar-refractivity contribution in [2.45, 2.75) is 30.4 Å². The van der Waals surface area contributed by atoms with Crippen molar-refractivity contribution in [3.05, 3.63) is 54.1 Å². The predicted molar refractivity (Wildman–Crippen MR) is 99.5 cm³/mol. The molecule has 4 N–H and O–H groups in total. The number of β-amino-alcohol motifs (C(OH)–C–C–N with tert-alkyl or cyclic N) is 1. The van der Waals surface area contributed by atoms with Crippen molar-refractivity contribution in [2.75, 3.05) is 16.6 Å². The molecule has 1 fully saturated rings. The second-order valence-electron chi connectivity index (χ2n) is 6.29. The van der Waals surface area contributed by atoms with E-state index in [0.717, 1.165) is 5.56 Å². The SMILES string of the molecule is Cc1ccc(NC(=O)C2CC(O)CN2)cc1NS(=O)(=O)c1ccccc1. The molecule has 0 bridgehead atoms. The third-order valence-corrected chi connectivity index (χ3v) is 5.61. The molecule has 0 aromatic heterocycles. The van der Waals surface area contributed by atoms with E-state index in [-0.39, 0.29) is 10.8 Å². The number of aliphatic hydroxyl groups is 1. The van der Waals surface area contributed by atoms with Gasteiger partial charge in [-0.3, -0.25) is 9.52 Å². The summed E-state index contributed by atoms with van der Waals surface area (Å²) in [6.07, 6.45) is -0.178. The van der Waals surface area contributed by atoms with Crippen LogP contribution in [-0.4, -0.2) is 38.1 Å². The van der Waals surface area contributed by atoms with Gasteiger partial charge in [-0.2, -0.15) is 0 Å². The van der Waals surface area contributed by atoms with E-state index in [1.165, 1.54) is 12.1 Å². The summed E-state index contributed by atoms with van der Waals surface area (Å²) in [4.78, 5) is 12.4. The molecule has 2 aromatic carbocycles. The maximum absolute atomic E-state index is 12.5. The number of aryl methyl sites for hydroxylation is 1. The molecule has 0 saturated carbocycles. The van der Waals surface area contributed by atoms with Crippen LogP contribution in [-0.2, 0) is 14.8 Å². The number of hydrogen-bond acceptors (Lipinski definition) is 5. The Labute approximate surface area is 152 Å². The van der Waals surface area contributed by atoms with Crippen molar-refractivity contribution in [1.29, 1.82) is 0 Å². The molecule has 0 radical (unpaired) electrons. The number of aliphatic hydroxyl groups excluding tert-OH is 1. The zero-order valence-electron chi connectivity index (χ0n) is 14.3. The number of sulfonamides is 1. The highest BCUT2D eigenvalue weighted by Crippen LogP contribution is 2.24. The number of carbonyl (C=O) groups is 1. The van der Waals surface area contributed by atoms with E-state index in [9.17, 15) is 18.3 Å². The van der Waals surface area contributed by atoms with Crippen LogP contribution in [0.2, 0.25) is 0 Å². The van der Waals surface area contributed by atoms with Crippen LogP contribution in [0.3, 0.4) is 0 Å². The number of benzene rings is 2. The zero-order chi connectivity index (χ0) is 18.7. The monoisotopic (exact) mass is 375 g/mol. The number of rotatable bonds is 5. The average Bonchev–Trinajstić information content (AvgIpc) is 3.05. The number of hydrogen-bond donors (Lipinski definition) is 4. The minimum atomic E-state index is -3.71. The maximum atomic E-state index is 12.5. The molecule has 1 amide bonds. The molecular formula is C18H21N3O4S. The standard InChI is InChI=1S/C18H21N3O4S/c1-12-7-8-13(20-18(23)17-10-14(22)11-19-17)9-16(12)21-26(24,25)15-5-3-2-4-6-15/h2-9,14,17,19,21-22H,10-11H2,1H3,(H,20,23). The highest BCUT2D eigenvalue weighted by Gasteiger charge is 2.28. The maximum Gasteiger partial charge on any atom is 0.261 e. The van der Waals surface area contributed by atoms with Crippen LogP contribution >= 0.6 is 0 Å². The summed E-state index contributed by atoms with van der Waals surface area (Å²) < 4.78 is 27.6. The van der Waals surface area contributed by atoms with E-state index in [4.69, 9.17) is 0 Å². The van der Waals surface area contributed by atoms with Crippen LogP contribution < -0.4 is 15.4 Å². The first kappa shape index (κ1) is 18.4. The smallest absolute Gasteiger partial charge is 0.261 e. The highest BCUT2D eigenvalue weighted by atomic mass is 32.2. The molecule has 1 aliphatic rings. The Morgan fingerprint density at radius 3 is 2.58 bits per heavy atom. The Morgan fingerprint density at radius 2 is 1.92 bits per heavy atom. The summed E-state index contributed by atoms with van der Waals surface area (Å²) >= 11 is 0. The minimum absolute atomic E-state index is 0.165. The van der Waals surface area contributed by atoms with E-state index in [1.54, 1.807) is 43.3 Å². The van der Waals surface area contributed by atoms with E-state index in [2.05, 4.69) is 15.4 Å². The normalized spacial score (nSPS) is 19.9. The Kier molecular flexibility index (Phi) is 5.26. The second kappa shape index (κ2) is 7.45. The molecule has 1 saturated heterocycles. The predicted octanol–water partition coefficient (Wildman–Crippen LogP) is 1.46. The van der Waals surface area contributed by atoms with Crippen molar-refractivity contribution in [3.63, 3.8) is 0 Å². The lowest BCUT2D eigenvalue weighted by Crippen LogP contribution is -2.35. The fraction of sp³-hybridized carbons (Fsp3) is 0.278. The molecule has 0 spiro atoms. The number of nitrogens with one attached hydrogen (secondary N) is 3. The van der Waals surface area contributed by atoms with Crippen molar-refractivity contribution in [2.24, 2.45) is 0 Å². The van der Waals surface area contributed by atoms with Crippen molar-refractivity contribution in [3.8, 4) is 0 Å². The van der Waals surface area contributed by atoms with Gasteiger partial charge in [0.1, 0.15) is 0 Å². The van der Waals surface area contributed by atoms with Gasteiger partial charge in [0.05, 0.1) is 22.7 Å². The molecular weight excluding hydrogens is 354 g/mol. The molecule has 2 aromatic rings. The molecule has 0 aliphatic carbocycles. The van der Waals surface area contributed by atoms with Gasteiger partial charge in [0, 0.05) is 12.2 Å². The minimum Gasteiger partial charge on any atom is -0.392 e. The Morgan fingerprint density at radius 1 is 1.19 bits per heavy atom. The fourth-order valence-corrected chi connectivity index (χ4v) is 3.90. The van der Waals surface area contributed by atoms with Crippen LogP contribution in [0, 0.1) is 6.92 Å². The molecule has 1 heterocycles. The molecule has 7 nitrogen and oxygen atoms in total. The van der Waals surface area contributed by atoms with Crippen LogP contribution in [0.25, 0.3) is 0 Å². The molecule has 8 heteroatoms. The molecule has 1 aliphatic heterocycles. The van der Waals surface area contributed by atoms with Crippen LogP contribution in [0.1, 0.15) is 12.0 Å². The Hall–Kier alpha value is -2.42. The summed E-state index contributed by atoms with van der Waals surface area (Å²) in [5, 5.41) is 15.2. The van der Waals surface area contributed by atoms with Gasteiger partial charge in [-0.1, -0.05) is 24.3 Å². The van der Waals surface area contributed by atoms with E-state index >= 15 is 0 Å². The molecule has 3 rings (SSSR count). The van der Waals surface area contributed by atoms with Gasteiger partial charge in [0.25, 0.3) is 10.0 Å². The summed E-state index contributed by atoms with van der Waals surface area (Å²) in [7, 11) is -3.71. The lowest BCUT2D eigenvalue weighted by molar-refractivity contribution is -0.117. The third-order valence-electron chi connectivity index (χ3n) is 4.23. The quantitative estimate of drug-likeness (QED) is 0.633. The number of anilines is 2. The van der Waals surface area contributed by atoms with Crippen molar-refractivity contribution < 1.29 is 18.3 Å². The molecule has 26 heavy (non-hydrogen) atoms. The first-order chi connectivity index (χ1) is 12.3. The fourth-order valence-electron chi connectivity index (χ4n) is 2.76. The van der Waals surface area contributed by atoms with Gasteiger partial charge in [0.2, 0.25) is 5.91 Å². The molecule has 2 atom stereocenters.